The summed E-state index contributed by atoms with van der Waals surface area (Å²) in [6.45, 7) is 5.96. The first-order valence-electron chi connectivity index (χ1n) is 3.91. The van der Waals surface area contributed by atoms with Crippen molar-refractivity contribution in [1.29, 1.82) is 0 Å². The molecule has 0 aliphatic rings. The van der Waals surface area contributed by atoms with Gasteiger partial charge in [-0.2, -0.15) is 0 Å². The molecule has 0 saturated heterocycles. The van der Waals surface area contributed by atoms with Gasteiger partial charge in [-0.05, 0) is 26.3 Å². The second-order valence-corrected chi connectivity index (χ2v) is 3.54. The Morgan fingerprint density at radius 2 is 2.09 bits per heavy atom. The highest BCUT2D eigenvalue weighted by Crippen LogP contribution is 2.14. The summed E-state index contributed by atoms with van der Waals surface area (Å²) in [5, 5.41) is 2.93. The Bertz CT molecular complexity index is 145. The zero-order valence-electron chi connectivity index (χ0n) is 7.77. The zero-order valence-corrected chi connectivity index (χ0v) is 7.77. The normalized spacial score (nSPS) is 16.5. The number of carbonyl (C=O) groups is 1. The van der Waals surface area contributed by atoms with Crippen LogP contribution in [0, 0.1) is 5.92 Å². The van der Waals surface area contributed by atoms with Crippen LogP contribution < -0.4 is 11.1 Å². The molecule has 3 heteroatoms. The third-order valence-electron chi connectivity index (χ3n) is 1.91. The van der Waals surface area contributed by atoms with Crippen LogP contribution in [0.3, 0.4) is 0 Å². The molecule has 0 aromatic heterocycles. The van der Waals surface area contributed by atoms with E-state index in [1.807, 2.05) is 6.92 Å². The monoisotopic (exact) mass is 158 g/mol. The zero-order chi connectivity index (χ0) is 9.07. The summed E-state index contributed by atoms with van der Waals surface area (Å²) >= 11 is 0. The van der Waals surface area contributed by atoms with Gasteiger partial charge < -0.3 is 11.1 Å². The third kappa shape index (κ3) is 2.89. The predicted molar refractivity (Wildman–Crippen MR) is 46.1 cm³/mol. The van der Waals surface area contributed by atoms with E-state index in [1.54, 1.807) is 7.05 Å². The van der Waals surface area contributed by atoms with Gasteiger partial charge in [0.05, 0.1) is 5.54 Å². The summed E-state index contributed by atoms with van der Waals surface area (Å²) in [5.74, 6) is 0.189. The quantitative estimate of drug-likeness (QED) is 0.626. The highest BCUT2D eigenvalue weighted by molar-refractivity contribution is 5.84. The highest BCUT2D eigenvalue weighted by atomic mass is 16.1. The molecule has 11 heavy (non-hydrogen) atoms. The van der Waals surface area contributed by atoms with Gasteiger partial charge in [-0.1, -0.05) is 13.8 Å². The molecule has 0 rings (SSSR count). The largest absolute Gasteiger partial charge is 0.368 e. The maximum atomic E-state index is 10.9. The topological polar surface area (TPSA) is 55.1 Å². The molecule has 0 aliphatic carbocycles. The molecule has 3 nitrogen and oxygen atoms in total. The van der Waals surface area contributed by atoms with Crippen LogP contribution in [0.2, 0.25) is 0 Å². The van der Waals surface area contributed by atoms with E-state index in [0.29, 0.717) is 5.92 Å². The molecule has 0 aliphatic heterocycles. The Labute approximate surface area is 68.3 Å². The molecule has 0 saturated carbocycles. The fourth-order valence-corrected chi connectivity index (χ4v) is 1.14. The van der Waals surface area contributed by atoms with E-state index >= 15 is 0 Å². The van der Waals surface area contributed by atoms with Gasteiger partial charge in [0.1, 0.15) is 0 Å². The average Bonchev–Trinajstić information content (AvgIpc) is 1.86. The third-order valence-corrected chi connectivity index (χ3v) is 1.91. The molecular weight excluding hydrogens is 140 g/mol. The molecule has 0 bridgehead atoms. The van der Waals surface area contributed by atoms with E-state index in [9.17, 15) is 4.79 Å². The van der Waals surface area contributed by atoms with Crippen molar-refractivity contribution >= 4 is 5.91 Å². The van der Waals surface area contributed by atoms with Crippen molar-refractivity contribution in [2.75, 3.05) is 7.05 Å². The van der Waals surface area contributed by atoms with E-state index in [0.717, 1.165) is 6.42 Å². The minimum Gasteiger partial charge on any atom is -0.368 e. The molecule has 1 unspecified atom stereocenters. The van der Waals surface area contributed by atoms with Crippen LogP contribution in [-0.2, 0) is 4.79 Å². The lowest BCUT2D eigenvalue weighted by Gasteiger charge is -2.27. The second kappa shape index (κ2) is 3.72. The predicted octanol–water partition coefficient (Wildman–Crippen LogP) is 0.496. The van der Waals surface area contributed by atoms with E-state index in [4.69, 9.17) is 5.73 Å². The molecule has 1 atom stereocenters. The lowest BCUT2D eigenvalue weighted by atomic mass is 9.90. The van der Waals surface area contributed by atoms with Gasteiger partial charge in [-0.15, -0.1) is 0 Å². The number of nitrogens with two attached hydrogens (primary N) is 1. The number of amides is 1. The molecule has 0 fully saturated rings. The number of carbonyl (C=O) groups excluding carboxylic acids is 1. The Balaban J connectivity index is 4.22. The molecule has 0 radical (unpaired) electrons. The van der Waals surface area contributed by atoms with Crippen molar-refractivity contribution in [1.82, 2.24) is 5.32 Å². The molecule has 1 amide bonds. The molecule has 0 aromatic carbocycles. The lowest BCUT2D eigenvalue weighted by molar-refractivity contribution is -0.124. The molecule has 0 heterocycles. The van der Waals surface area contributed by atoms with E-state index in [1.165, 1.54) is 0 Å². The van der Waals surface area contributed by atoms with Crippen LogP contribution in [0.1, 0.15) is 27.2 Å². The van der Waals surface area contributed by atoms with Crippen LogP contribution in [0.4, 0.5) is 0 Å². The van der Waals surface area contributed by atoms with Crippen LogP contribution >= 0.6 is 0 Å². The molecule has 3 N–H and O–H groups in total. The van der Waals surface area contributed by atoms with Gasteiger partial charge in [-0.3, -0.25) is 4.79 Å². The Morgan fingerprint density at radius 3 is 2.18 bits per heavy atom. The van der Waals surface area contributed by atoms with E-state index in [2.05, 4.69) is 19.2 Å². The summed E-state index contributed by atoms with van der Waals surface area (Å²) < 4.78 is 0. The first-order valence-corrected chi connectivity index (χ1v) is 3.91. The van der Waals surface area contributed by atoms with Gasteiger partial charge >= 0.3 is 0 Å². The second-order valence-electron chi connectivity index (χ2n) is 3.54. The van der Waals surface area contributed by atoms with Crippen LogP contribution in [0.5, 0.6) is 0 Å². The van der Waals surface area contributed by atoms with Gasteiger partial charge in [0.25, 0.3) is 0 Å². The lowest BCUT2D eigenvalue weighted by Crippen LogP contribution is -2.52. The summed E-state index contributed by atoms with van der Waals surface area (Å²) in [6, 6.07) is 0. The van der Waals surface area contributed by atoms with Gasteiger partial charge in [0, 0.05) is 0 Å². The smallest absolute Gasteiger partial charge is 0.237 e. The summed E-state index contributed by atoms with van der Waals surface area (Å²) in [6.07, 6.45) is 0.777. The first-order chi connectivity index (χ1) is 4.92. The Kier molecular flexibility index (Phi) is 3.52. The number of hydrogen-bond donors (Lipinski definition) is 2. The maximum absolute atomic E-state index is 10.9. The molecule has 0 spiro atoms. The average molecular weight is 158 g/mol. The van der Waals surface area contributed by atoms with E-state index < -0.39 is 5.54 Å². The number of rotatable bonds is 4. The summed E-state index contributed by atoms with van der Waals surface area (Å²) in [7, 11) is 1.76. The van der Waals surface area contributed by atoms with Crippen LogP contribution in [0.25, 0.3) is 0 Å². The van der Waals surface area contributed by atoms with Crippen LogP contribution in [-0.4, -0.2) is 18.5 Å². The van der Waals surface area contributed by atoms with Gasteiger partial charge in [0.2, 0.25) is 5.91 Å². The molecule has 66 valence electrons. The van der Waals surface area contributed by atoms with Crippen LogP contribution in [0.15, 0.2) is 0 Å². The summed E-state index contributed by atoms with van der Waals surface area (Å²) in [5.41, 5.74) is 4.68. The Morgan fingerprint density at radius 1 is 1.64 bits per heavy atom. The number of nitrogens with one attached hydrogen (secondary N) is 1. The van der Waals surface area contributed by atoms with Crippen molar-refractivity contribution < 1.29 is 4.79 Å². The van der Waals surface area contributed by atoms with Crippen molar-refractivity contribution in [2.45, 2.75) is 32.7 Å². The van der Waals surface area contributed by atoms with Crippen molar-refractivity contribution in [3.05, 3.63) is 0 Å². The van der Waals surface area contributed by atoms with Gasteiger partial charge in [-0.25, -0.2) is 0 Å². The maximum Gasteiger partial charge on any atom is 0.237 e. The SMILES string of the molecule is CNC(C)(CC(C)C)C(N)=O. The standard InChI is InChI=1S/C8H18N2O/c1-6(2)5-8(3,10-4)7(9)11/h6,10H,5H2,1-4H3,(H2,9,11). The van der Waals surface area contributed by atoms with Crippen molar-refractivity contribution in [3.8, 4) is 0 Å². The minimum atomic E-state index is -0.547. The van der Waals surface area contributed by atoms with E-state index in [-0.39, 0.29) is 5.91 Å². The highest BCUT2D eigenvalue weighted by Gasteiger charge is 2.29. The fourth-order valence-electron chi connectivity index (χ4n) is 1.14. The Hall–Kier alpha value is -0.570. The number of primary amides is 1. The first kappa shape index (κ1) is 10.4. The fraction of sp³-hybridized carbons (Fsp3) is 0.875. The van der Waals surface area contributed by atoms with Crippen molar-refractivity contribution in [2.24, 2.45) is 11.7 Å². The van der Waals surface area contributed by atoms with Gasteiger partial charge in [0.15, 0.2) is 0 Å². The minimum absolute atomic E-state index is 0.284. The van der Waals surface area contributed by atoms with Crippen molar-refractivity contribution in [3.63, 3.8) is 0 Å². The number of likely N-dealkylation sites (N-methyl/N-ethyl adjacent to an activating group) is 1. The molecule has 0 aromatic rings. The number of hydrogen-bond acceptors (Lipinski definition) is 2. The summed E-state index contributed by atoms with van der Waals surface area (Å²) in [4.78, 5) is 10.9. The molecular formula is C8H18N2O.